The SMILES string of the molecule is COC1C(=C=O)C=C(Cl)C(C(=O)Cl)=C1Cl. The van der Waals surface area contributed by atoms with E-state index in [9.17, 15) is 9.59 Å². The number of carbonyl (C=O) groups excluding carboxylic acids is 2. The molecular weight excluding hydrogens is 262 g/mol. The van der Waals surface area contributed by atoms with Crippen LogP contribution >= 0.6 is 34.8 Å². The maximum absolute atomic E-state index is 11.0. The van der Waals surface area contributed by atoms with Crippen molar-refractivity contribution >= 4 is 46.0 Å². The third-order valence-corrected chi connectivity index (χ3v) is 2.70. The van der Waals surface area contributed by atoms with E-state index < -0.39 is 11.3 Å². The number of halogens is 3. The third kappa shape index (κ3) is 2.33. The van der Waals surface area contributed by atoms with Crippen LogP contribution in [0.1, 0.15) is 0 Å². The highest BCUT2D eigenvalue weighted by molar-refractivity contribution is 6.70. The normalized spacial score (nSPS) is 21.2. The highest BCUT2D eigenvalue weighted by Gasteiger charge is 2.30. The maximum Gasteiger partial charge on any atom is 0.255 e. The summed E-state index contributed by atoms with van der Waals surface area (Å²) in [5.41, 5.74) is 0.0695. The summed E-state index contributed by atoms with van der Waals surface area (Å²) < 4.78 is 4.93. The van der Waals surface area contributed by atoms with Crippen LogP contribution in [0, 0.1) is 0 Å². The molecule has 3 nitrogen and oxygen atoms in total. The Morgan fingerprint density at radius 2 is 2.13 bits per heavy atom. The summed E-state index contributed by atoms with van der Waals surface area (Å²) in [4.78, 5) is 21.6. The summed E-state index contributed by atoms with van der Waals surface area (Å²) in [6.07, 6.45) is 0.411. The first-order valence-corrected chi connectivity index (χ1v) is 4.91. The predicted octanol–water partition coefficient (Wildman–Crippen LogP) is 2.15. The first kappa shape index (κ1) is 12.5. The second-order valence-electron chi connectivity index (χ2n) is 2.66. The monoisotopic (exact) mass is 266 g/mol. The summed E-state index contributed by atoms with van der Waals surface area (Å²) in [6.45, 7) is 0. The van der Waals surface area contributed by atoms with Crippen molar-refractivity contribution in [2.75, 3.05) is 7.11 Å². The fraction of sp³-hybridized carbons (Fsp3) is 0.222. The molecular formula is C9H5Cl3O3. The molecule has 0 fully saturated rings. The molecule has 1 rings (SSSR count). The number of hydrogen-bond donors (Lipinski definition) is 0. The van der Waals surface area contributed by atoms with Gasteiger partial charge in [0, 0.05) is 7.11 Å². The summed E-state index contributed by atoms with van der Waals surface area (Å²) >= 11 is 16.9. The molecule has 0 N–H and O–H groups in total. The molecule has 0 spiro atoms. The molecule has 1 atom stereocenters. The van der Waals surface area contributed by atoms with Crippen LogP contribution in [0.25, 0.3) is 0 Å². The van der Waals surface area contributed by atoms with Gasteiger partial charge in [-0.25, -0.2) is 4.79 Å². The fourth-order valence-electron chi connectivity index (χ4n) is 1.17. The van der Waals surface area contributed by atoms with Crippen molar-refractivity contribution in [2.45, 2.75) is 6.10 Å². The minimum absolute atomic E-state index is 0.00616. The van der Waals surface area contributed by atoms with E-state index in [-0.39, 0.29) is 21.2 Å². The highest BCUT2D eigenvalue weighted by Crippen LogP contribution is 2.35. The van der Waals surface area contributed by atoms with Gasteiger partial charge < -0.3 is 4.74 Å². The molecule has 1 unspecified atom stereocenters. The summed E-state index contributed by atoms with van der Waals surface area (Å²) in [7, 11) is 1.34. The number of methoxy groups -OCH3 is 1. The van der Waals surface area contributed by atoms with Gasteiger partial charge in [-0.15, -0.1) is 0 Å². The fourth-order valence-corrected chi connectivity index (χ4v) is 2.22. The van der Waals surface area contributed by atoms with Gasteiger partial charge in [0.15, 0.2) is 0 Å². The van der Waals surface area contributed by atoms with E-state index in [1.807, 2.05) is 0 Å². The van der Waals surface area contributed by atoms with Crippen molar-refractivity contribution < 1.29 is 14.3 Å². The van der Waals surface area contributed by atoms with Crippen molar-refractivity contribution in [2.24, 2.45) is 0 Å². The third-order valence-electron chi connectivity index (χ3n) is 1.82. The lowest BCUT2D eigenvalue weighted by atomic mass is 10.0. The van der Waals surface area contributed by atoms with Crippen molar-refractivity contribution in [3.8, 4) is 0 Å². The zero-order chi connectivity index (χ0) is 11.6. The van der Waals surface area contributed by atoms with Crippen LogP contribution in [-0.2, 0) is 14.3 Å². The van der Waals surface area contributed by atoms with E-state index in [0.717, 1.165) is 0 Å². The average molecular weight is 267 g/mol. The molecule has 0 aromatic carbocycles. The van der Waals surface area contributed by atoms with Crippen molar-refractivity contribution in [3.05, 3.63) is 27.3 Å². The molecule has 0 amide bonds. The van der Waals surface area contributed by atoms with Crippen LogP contribution in [0.3, 0.4) is 0 Å². The van der Waals surface area contributed by atoms with Gasteiger partial charge in [-0.1, -0.05) is 23.2 Å². The predicted molar refractivity (Wildman–Crippen MR) is 57.7 cm³/mol. The summed E-state index contributed by atoms with van der Waals surface area (Å²) in [6, 6.07) is 0. The Balaban J connectivity index is 3.35. The van der Waals surface area contributed by atoms with Crippen molar-refractivity contribution in [3.63, 3.8) is 0 Å². The first-order valence-electron chi connectivity index (χ1n) is 3.77. The number of allylic oxidation sites excluding steroid dienone is 2. The Bertz CT molecular complexity index is 416. The van der Waals surface area contributed by atoms with Gasteiger partial charge in [0.2, 0.25) is 0 Å². The van der Waals surface area contributed by atoms with E-state index in [2.05, 4.69) is 0 Å². The molecule has 0 aromatic rings. The average Bonchev–Trinajstić information content (AvgIpc) is 2.16. The molecule has 0 saturated heterocycles. The van der Waals surface area contributed by atoms with Gasteiger partial charge in [0.05, 0.1) is 21.2 Å². The molecule has 0 aliphatic heterocycles. The number of ether oxygens (including phenoxy) is 1. The van der Waals surface area contributed by atoms with Gasteiger partial charge in [-0.3, -0.25) is 4.79 Å². The van der Waals surface area contributed by atoms with Crippen LogP contribution in [-0.4, -0.2) is 24.4 Å². The van der Waals surface area contributed by atoms with Crippen molar-refractivity contribution in [1.82, 2.24) is 0 Å². The van der Waals surface area contributed by atoms with E-state index in [0.29, 0.717) is 0 Å². The zero-order valence-electron chi connectivity index (χ0n) is 7.51. The molecule has 1 aliphatic carbocycles. The lowest BCUT2D eigenvalue weighted by Crippen LogP contribution is -2.20. The van der Waals surface area contributed by atoms with Gasteiger partial charge in [0.1, 0.15) is 12.0 Å². The highest BCUT2D eigenvalue weighted by atomic mass is 35.5. The Morgan fingerprint density at radius 1 is 1.53 bits per heavy atom. The summed E-state index contributed by atoms with van der Waals surface area (Å²) in [5, 5.41) is -0.803. The van der Waals surface area contributed by atoms with Crippen LogP contribution in [0.2, 0.25) is 0 Å². The minimum Gasteiger partial charge on any atom is -0.370 e. The quantitative estimate of drug-likeness (QED) is 0.569. The van der Waals surface area contributed by atoms with E-state index in [4.69, 9.17) is 39.5 Å². The molecule has 0 aromatic heterocycles. The molecule has 1 aliphatic rings. The van der Waals surface area contributed by atoms with Gasteiger partial charge >= 0.3 is 0 Å². The smallest absolute Gasteiger partial charge is 0.255 e. The number of carbonyl (C=O) groups is 1. The Kier molecular flexibility index (Phi) is 4.14. The second-order valence-corrected chi connectivity index (χ2v) is 3.82. The standard InChI is InChI=1S/C9H5Cl3O3/c1-15-8-4(3-13)2-5(10)6(7(8)11)9(12)14/h2,8H,1H3. The van der Waals surface area contributed by atoms with Gasteiger partial charge in [-0.2, -0.15) is 0 Å². The van der Waals surface area contributed by atoms with E-state index >= 15 is 0 Å². The van der Waals surface area contributed by atoms with Crippen molar-refractivity contribution in [1.29, 1.82) is 0 Å². The van der Waals surface area contributed by atoms with Gasteiger partial charge in [0.25, 0.3) is 5.24 Å². The lowest BCUT2D eigenvalue weighted by molar-refractivity contribution is -0.108. The van der Waals surface area contributed by atoms with Crippen LogP contribution in [0.15, 0.2) is 27.3 Å². The zero-order valence-corrected chi connectivity index (χ0v) is 9.78. The Morgan fingerprint density at radius 3 is 2.53 bits per heavy atom. The Hall–Kier alpha value is -0.570. The molecule has 0 saturated carbocycles. The molecule has 6 heteroatoms. The summed E-state index contributed by atoms with van der Waals surface area (Å²) in [5.74, 6) is 1.63. The maximum atomic E-state index is 11.0. The van der Waals surface area contributed by atoms with Crippen LogP contribution in [0.4, 0.5) is 0 Å². The minimum atomic E-state index is -0.843. The number of hydrogen-bond acceptors (Lipinski definition) is 3. The van der Waals surface area contributed by atoms with E-state index in [1.54, 1.807) is 5.94 Å². The largest absolute Gasteiger partial charge is 0.370 e. The van der Waals surface area contributed by atoms with Crippen LogP contribution in [0.5, 0.6) is 0 Å². The molecule has 15 heavy (non-hydrogen) atoms. The second kappa shape index (κ2) is 4.97. The molecule has 0 bridgehead atoms. The lowest BCUT2D eigenvalue weighted by Gasteiger charge is -2.20. The van der Waals surface area contributed by atoms with Gasteiger partial charge in [-0.05, 0) is 17.7 Å². The Labute approximate surface area is 101 Å². The first-order chi connectivity index (χ1) is 7.02. The molecule has 0 radical (unpaired) electrons. The van der Waals surface area contributed by atoms with E-state index in [1.165, 1.54) is 13.2 Å². The molecule has 80 valence electrons. The topological polar surface area (TPSA) is 43.4 Å². The number of rotatable bonds is 2. The molecule has 0 heterocycles. The van der Waals surface area contributed by atoms with Crippen LogP contribution < -0.4 is 0 Å².